The minimum Gasteiger partial charge on any atom is -0.434 e. The van der Waals surface area contributed by atoms with E-state index in [0.717, 1.165) is 67.6 Å². The molecule has 3 fully saturated rings. The van der Waals surface area contributed by atoms with Crippen LogP contribution in [0.4, 0.5) is 4.79 Å². The number of ether oxygens (including phenoxy) is 2. The molecule has 4 aliphatic rings. The first-order chi connectivity index (χ1) is 23.2. The van der Waals surface area contributed by atoms with Gasteiger partial charge in [-0.05, 0) is 97.7 Å². The Morgan fingerprint density at radius 2 is 1.38 bits per heavy atom. The molecule has 0 spiro atoms. The van der Waals surface area contributed by atoms with Gasteiger partial charge in [0.2, 0.25) is 0 Å². The first-order valence-corrected chi connectivity index (χ1v) is 21.7. The average Bonchev–Trinajstić information content (AvgIpc) is 3.42. The number of hydrogen-bond donors (Lipinski definition) is 0. The predicted octanol–water partition coefficient (Wildman–Crippen LogP) is 14.4. The molecule has 3 nitrogen and oxygen atoms in total. The highest BCUT2D eigenvalue weighted by Crippen LogP contribution is 2.67. The van der Waals surface area contributed by atoms with E-state index < -0.39 is 6.16 Å². The highest BCUT2D eigenvalue weighted by atomic mass is 16.7. The highest BCUT2D eigenvalue weighted by Gasteiger charge is 2.59. The van der Waals surface area contributed by atoms with Crippen molar-refractivity contribution in [3.8, 4) is 0 Å². The van der Waals surface area contributed by atoms with Crippen LogP contribution >= 0.6 is 0 Å². The fourth-order valence-corrected chi connectivity index (χ4v) is 11.6. The zero-order chi connectivity index (χ0) is 34.4. The van der Waals surface area contributed by atoms with Gasteiger partial charge in [0.05, 0.1) is 6.61 Å². The summed E-state index contributed by atoms with van der Waals surface area (Å²) in [4.78, 5) is 12.6. The zero-order valence-electron chi connectivity index (χ0n) is 32.9. The molecule has 0 N–H and O–H groups in total. The molecule has 3 heteroatoms. The number of rotatable bonds is 22. The van der Waals surface area contributed by atoms with Gasteiger partial charge in [-0.25, -0.2) is 4.79 Å². The van der Waals surface area contributed by atoms with Crippen molar-refractivity contribution in [3.05, 3.63) is 11.6 Å². The molecule has 0 aromatic heterocycles. The molecule has 0 aromatic rings. The quantitative estimate of drug-likeness (QED) is 0.0654. The van der Waals surface area contributed by atoms with Gasteiger partial charge in [-0.1, -0.05) is 162 Å². The normalized spacial score (nSPS) is 31.9. The number of allylic oxidation sites excluding steroid dienone is 1. The number of fused-ring (bicyclic) bond motifs is 5. The molecule has 0 heterocycles. The van der Waals surface area contributed by atoms with Crippen LogP contribution < -0.4 is 0 Å². The summed E-state index contributed by atoms with van der Waals surface area (Å²) >= 11 is 0. The van der Waals surface area contributed by atoms with Crippen LogP contribution in [0.25, 0.3) is 0 Å². The molecular weight excluding hydrogens is 588 g/mol. The molecule has 0 amide bonds. The first-order valence-electron chi connectivity index (χ1n) is 21.7. The van der Waals surface area contributed by atoms with Crippen LogP contribution in [0.3, 0.4) is 0 Å². The van der Waals surface area contributed by atoms with Crippen LogP contribution in [0, 0.1) is 46.3 Å². The number of carbonyl (C=O) groups is 1. The van der Waals surface area contributed by atoms with E-state index in [1.807, 2.05) is 0 Å². The molecule has 0 radical (unpaired) electrons. The van der Waals surface area contributed by atoms with Gasteiger partial charge in [-0.3, -0.25) is 0 Å². The largest absolute Gasteiger partial charge is 0.508 e. The third kappa shape index (κ3) is 11.0. The van der Waals surface area contributed by atoms with Crippen LogP contribution in [0.15, 0.2) is 11.6 Å². The lowest BCUT2D eigenvalue weighted by Crippen LogP contribution is -2.51. The molecule has 48 heavy (non-hydrogen) atoms. The molecule has 0 aliphatic heterocycles. The van der Waals surface area contributed by atoms with Crippen molar-refractivity contribution in [1.29, 1.82) is 0 Å². The summed E-state index contributed by atoms with van der Waals surface area (Å²) in [5.41, 5.74) is 2.43. The van der Waals surface area contributed by atoms with E-state index in [2.05, 4.69) is 47.6 Å². The van der Waals surface area contributed by atoms with E-state index in [0.29, 0.717) is 17.4 Å². The smallest absolute Gasteiger partial charge is 0.434 e. The number of hydrogen-bond acceptors (Lipinski definition) is 3. The standard InChI is InChI=1S/C45H80O3/c1-7-8-9-10-11-12-13-14-15-16-17-18-19-20-21-33-47-43(46)48-38-29-31-44(5)37(34-38)25-26-39-41-28-27-40(36(4)24-22-23-35(2)3)45(41,6)32-30-42(39)44/h25,35-36,38-42H,7-24,26-34H2,1-6H3/t36-,38+,39-,40+,41-,42-,44+,45+/m1/s1. The predicted molar refractivity (Wildman–Crippen MR) is 204 cm³/mol. The van der Waals surface area contributed by atoms with Crippen LogP contribution in [-0.2, 0) is 9.47 Å². The van der Waals surface area contributed by atoms with E-state index in [-0.39, 0.29) is 6.10 Å². The van der Waals surface area contributed by atoms with Crippen molar-refractivity contribution in [2.24, 2.45) is 46.3 Å². The summed E-state index contributed by atoms with van der Waals surface area (Å²) < 4.78 is 11.5. The van der Waals surface area contributed by atoms with Gasteiger partial charge in [0, 0.05) is 6.42 Å². The van der Waals surface area contributed by atoms with Gasteiger partial charge >= 0.3 is 6.16 Å². The van der Waals surface area contributed by atoms with Gasteiger partial charge in [0.15, 0.2) is 0 Å². The topological polar surface area (TPSA) is 35.5 Å². The van der Waals surface area contributed by atoms with Gasteiger partial charge in [-0.2, -0.15) is 0 Å². The second-order valence-electron chi connectivity index (χ2n) is 18.3. The summed E-state index contributed by atoms with van der Waals surface area (Å²) in [6.45, 7) is 15.4. The molecule has 0 unspecified atom stereocenters. The summed E-state index contributed by atoms with van der Waals surface area (Å²) in [6.07, 6.45) is 36.6. The Balaban J connectivity index is 1.08. The molecule has 0 aromatic carbocycles. The lowest BCUT2D eigenvalue weighted by molar-refractivity contribution is -0.0617. The molecule has 4 aliphatic carbocycles. The van der Waals surface area contributed by atoms with E-state index in [4.69, 9.17) is 9.47 Å². The fourth-order valence-electron chi connectivity index (χ4n) is 11.6. The SMILES string of the molecule is CCCCCCCCCCCCCCCCCOC(=O)O[C@H]1CC[C@@]2(C)C(=CC[C@@H]3[C@H]4CC[C@@H]([C@H](C)CCCC(C)C)[C@]4(C)CC[C@H]32)C1. The second kappa shape index (κ2) is 20.2. The maximum atomic E-state index is 12.6. The van der Waals surface area contributed by atoms with Crippen molar-refractivity contribution in [3.63, 3.8) is 0 Å². The second-order valence-corrected chi connectivity index (χ2v) is 18.3. The molecule has 3 saturated carbocycles. The van der Waals surface area contributed by atoms with Crippen molar-refractivity contribution in [2.75, 3.05) is 6.61 Å². The number of unbranched alkanes of at least 4 members (excludes halogenated alkanes) is 14. The van der Waals surface area contributed by atoms with Crippen LogP contribution in [0.1, 0.15) is 208 Å². The Bertz CT molecular complexity index is 954. The van der Waals surface area contributed by atoms with Gasteiger partial charge in [-0.15, -0.1) is 0 Å². The van der Waals surface area contributed by atoms with Crippen LogP contribution in [-0.4, -0.2) is 18.9 Å². The Labute approximate surface area is 298 Å². The van der Waals surface area contributed by atoms with Crippen molar-refractivity contribution in [1.82, 2.24) is 0 Å². The molecule has 278 valence electrons. The first kappa shape index (κ1) is 39.8. The maximum Gasteiger partial charge on any atom is 0.508 e. The van der Waals surface area contributed by atoms with Gasteiger partial charge in [0.25, 0.3) is 0 Å². The lowest BCUT2D eigenvalue weighted by atomic mass is 9.47. The van der Waals surface area contributed by atoms with Gasteiger partial charge in [0.1, 0.15) is 6.10 Å². The Morgan fingerprint density at radius 3 is 2.00 bits per heavy atom. The number of carbonyl (C=O) groups excluding carboxylic acids is 1. The van der Waals surface area contributed by atoms with E-state index in [9.17, 15) is 4.79 Å². The summed E-state index contributed by atoms with van der Waals surface area (Å²) in [5.74, 6) is 5.17. The third-order valence-electron chi connectivity index (χ3n) is 14.5. The van der Waals surface area contributed by atoms with Crippen molar-refractivity contribution >= 4 is 6.16 Å². The van der Waals surface area contributed by atoms with Gasteiger partial charge < -0.3 is 9.47 Å². The molecule has 8 atom stereocenters. The summed E-state index contributed by atoms with van der Waals surface area (Å²) in [7, 11) is 0. The molecule has 0 saturated heterocycles. The lowest BCUT2D eigenvalue weighted by Gasteiger charge is -2.58. The van der Waals surface area contributed by atoms with E-state index in [1.165, 1.54) is 135 Å². The monoisotopic (exact) mass is 669 g/mol. The minimum atomic E-state index is -0.434. The Morgan fingerprint density at radius 1 is 0.750 bits per heavy atom. The Kier molecular flexibility index (Phi) is 16.7. The van der Waals surface area contributed by atoms with Crippen molar-refractivity contribution in [2.45, 2.75) is 215 Å². The molecular formula is C45H80O3. The fraction of sp³-hybridized carbons (Fsp3) is 0.933. The average molecular weight is 669 g/mol. The van der Waals surface area contributed by atoms with E-state index in [1.54, 1.807) is 5.57 Å². The summed E-state index contributed by atoms with van der Waals surface area (Å²) in [5, 5.41) is 0. The molecule has 4 rings (SSSR count). The van der Waals surface area contributed by atoms with Crippen LogP contribution in [0.2, 0.25) is 0 Å². The Hall–Kier alpha value is -0.990. The van der Waals surface area contributed by atoms with Crippen LogP contribution in [0.5, 0.6) is 0 Å². The minimum absolute atomic E-state index is 0.00848. The third-order valence-corrected chi connectivity index (χ3v) is 14.5. The molecule has 0 bridgehead atoms. The zero-order valence-corrected chi connectivity index (χ0v) is 32.9. The van der Waals surface area contributed by atoms with Crippen molar-refractivity contribution < 1.29 is 14.3 Å². The van der Waals surface area contributed by atoms with E-state index >= 15 is 0 Å². The maximum absolute atomic E-state index is 12.6. The summed E-state index contributed by atoms with van der Waals surface area (Å²) in [6, 6.07) is 0. The highest BCUT2D eigenvalue weighted by molar-refractivity contribution is 5.60.